The van der Waals surface area contributed by atoms with Crippen LogP contribution in [-0.4, -0.2) is 66.8 Å². The van der Waals surface area contributed by atoms with Gasteiger partial charge in [0.2, 0.25) is 17.7 Å². The second-order valence-electron chi connectivity index (χ2n) is 7.44. The fourth-order valence-electron chi connectivity index (χ4n) is 3.37. The maximum atomic E-state index is 14.1. The van der Waals surface area contributed by atoms with Crippen molar-refractivity contribution in [3.8, 4) is 5.88 Å². The highest BCUT2D eigenvalue weighted by Crippen LogP contribution is 2.28. The fourth-order valence-corrected chi connectivity index (χ4v) is 4.28. The first-order valence-corrected chi connectivity index (χ1v) is 10.7. The number of anilines is 2. The molecule has 1 aliphatic heterocycles. The molecule has 3 heterocycles. The molecule has 0 aromatic carbocycles. The Labute approximate surface area is 180 Å². The number of hydrogen-bond donors (Lipinski definition) is 1. The van der Waals surface area contributed by atoms with Crippen LogP contribution in [0.4, 0.5) is 15.2 Å². The number of pyridine rings is 1. The number of amides is 1. The monoisotopic (exact) mass is 437 g/mol. The maximum absolute atomic E-state index is 14.1. The van der Waals surface area contributed by atoms with Crippen molar-refractivity contribution in [3.05, 3.63) is 29.2 Å². The Kier molecular flexibility index (Phi) is 7.57. The highest BCUT2D eigenvalue weighted by molar-refractivity contribution is 7.15. The van der Waals surface area contributed by atoms with Crippen LogP contribution in [0, 0.1) is 5.95 Å². The standard InChI is InChI=1S/C20H28FN5O3S/c1-13-9-16(29-18-6-5-15(10-22-18)25(3)7-8-28-4)11-26(13)12-17-19(21)24-20(30-17)23-14(2)27/h5-6,10,13,16H,7-9,11-12H2,1-4H3,(H,23,24,27)/t13-,16+/m0/s1. The summed E-state index contributed by atoms with van der Waals surface area (Å²) in [5, 5.41) is 2.82. The molecule has 1 fully saturated rings. The second kappa shape index (κ2) is 10.1. The molecule has 1 N–H and O–H groups in total. The summed E-state index contributed by atoms with van der Waals surface area (Å²) in [5.41, 5.74) is 0.997. The Balaban J connectivity index is 1.55. The minimum atomic E-state index is -0.532. The predicted molar refractivity (Wildman–Crippen MR) is 115 cm³/mol. The number of nitrogens with one attached hydrogen (secondary N) is 1. The summed E-state index contributed by atoms with van der Waals surface area (Å²) < 4.78 is 25.3. The normalized spacial score (nSPS) is 19.1. The van der Waals surface area contributed by atoms with E-state index >= 15 is 0 Å². The molecule has 3 rings (SSSR count). The van der Waals surface area contributed by atoms with Crippen LogP contribution in [0.2, 0.25) is 0 Å². The van der Waals surface area contributed by atoms with Crippen LogP contribution >= 0.6 is 11.3 Å². The van der Waals surface area contributed by atoms with Crippen LogP contribution in [0.25, 0.3) is 0 Å². The van der Waals surface area contributed by atoms with Crippen molar-refractivity contribution in [1.29, 1.82) is 0 Å². The molecule has 8 nitrogen and oxygen atoms in total. The van der Waals surface area contributed by atoms with Gasteiger partial charge in [0.15, 0.2) is 5.13 Å². The van der Waals surface area contributed by atoms with E-state index in [0.717, 1.165) is 18.7 Å². The molecule has 1 saturated heterocycles. The van der Waals surface area contributed by atoms with E-state index in [2.05, 4.69) is 32.0 Å². The average Bonchev–Trinajstić information content (AvgIpc) is 3.21. The number of halogens is 1. The van der Waals surface area contributed by atoms with Gasteiger partial charge in [0.05, 0.1) is 23.4 Å². The summed E-state index contributed by atoms with van der Waals surface area (Å²) in [5.74, 6) is -0.216. The number of carbonyl (C=O) groups excluding carboxylic acids is 1. The average molecular weight is 438 g/mol. The lowest BCUT2D eigenvalue weighted by Gasteiger charge is -2.20. The van der Waals surface area contributed by atoms with Crippen LogP contribution < -0.4 is 15.0 Å². The molecule has 0 radical (unpaired) electrons. The largest absolute Gasteiger partial charge is 0.473 e. The van der Waals surface area contributed by atoms with Gasteiger partial charge in [0.25, 0.3) is 0 Å². The second-order valence-corrected chi connectivity index (χ2v) is 8.52. The molecule has 0 saturated carbocycles. The van der Waals surface area contributed by atoms with Crippen LogP contribution in [-0.2, 0) is 16.1 Å². The van der Waals surface area contributed by atoms with Gasteiger partial charge in [-0.25, -0.2) is 4.98 Å². The molecular weight excluding hydrogens is 409 g/mol. The third kappa shape index (κ3) is 5.87. The predicted octanol–water partition coefficient (Wildman–Crippen LogP) is 2.76. The highest BCUT2D eigenvalue weighted by atomic mass is 32.1. The lowest BCUT2D eigenvalue weighted by Crippen LogP contribution is -2.28. The molecule has 2 aromatic heterocycles. The van der Waals surface area contributed by atoms with Gasteiger partial charge >= 0.3 is 0 Å². The van der Waals surface area contributed by atoms with E-state index < -0.39 is 5.95 Å². The topological polar surface area (TPSA) is 79.8 Å². The van der Waals surface area contributed by atoms with E-state index in [0.29, 0.717) is 30.5 Å². The summed E-state index contributed by atoms with van der Waals surface area (Å²) in [6.45, 7) is 6.01. The Morgan fingerprint density at radius 3 is 2.93 bits per heavy atom. The zero-order valence-electron chi connectivity index (χ0n) is 17.7. The van der Waals surface area contributed by atoms with Crippen LogP contribution in [0.5, 0.6) is 5.88 Å². The molecule has 164 valence electrons. The first-order chi connectivity index (χ1) is 14.4. The van der Waals surface area contributed by atoms with Gasteiger partial charge < -0.3 is 19.7 Å². The molecule has 1 aliphatic rings. The van der Waals surface area contributed by atoms with E-state index in [1.165, 1.54) is 18.3 Å². The maximum Gasteiger partial charge on any atom is 0.230 e. The number of likely N-dealkylation sites (N-methyl/N-ethyl adjacent to an activating group) is 1. The summed E-state index contributed by atoms with van der Waals surface area (Å²) in [7, 11) is 3.67. The van der Waals surface area contributed by atoms with Gasteiger partial charge in [-0.1, -0.05) is 11.3 Å². The third-order valence-corrected chi connectivity index (χ3v) is 5.96. The van der Waals surface area contributed by atoms with Gasteiger partial charge in [-0.15, -0.1) is 0 Å². The number of likely N-dealkylation sites (tertiary alicyclic amines) is 1. The smallest absolute Gasteiger partial charge is 0.230 e. The first-order valence-electron chi connectivity index (χ1n) is 9.85. The van der Waals surface area contributed by atoms with Crippen molar-refractivity contribution >= 4 is 28.1 Å². The minimum Gasteiger partial charge on any atom is -0.473 e. The zero-order valence-corrected chi connectivity index (χ0v) is 18.5. The molecule has 0 bridgehead atoms. The molecule has 0 aliphatic carbocycles. The molecule has 2 aromatic rings. The summed E-state index contributed by atoms with van der Waals surface area (Å²) >= 11 is 1.17. The lowest BCUT2D eigenvalue weighted by molar-refractivity contribution is -0.114. The van der Waals surface area contributed by atoms with E-state index in [9.17, 15) is 9.18 Å². The summed E-state index contributed by atoms with van der Waals surface area (Å²) in [4.78, 5) is 24.1. The summed E-state index contributed by atoms with van der Waals surface area (Å²) in [6.07, 6.45) is 2.60. The molecule has 2 atom stereocenters. The van der Waals surface area contributed by atoms with Gasteiger partial charge in [0, 0.05) is 59.2 Å². The van der Waals surface area contributed by atoms with Crippen molar-refractivity contribution in [2.24, 2.45) is 0 Å². The van der Waals surface area contributed by atoms with Crippen molar-refractivity contribution in [2.75, 3.05) is 44.1 Å². The molecular formula is C20H28FN5O3S. The number of aromatic nitrogens is 2. The third-order valence-electron chi connectivity index (χ3n) is 5.02. The van der Waals surface area contributed by atoms with Gasteiger partial charge in [0.1, 0.15) is 6.10 Å². The van der Waals surface area contributed by atoms with Crippen LogP contribution in [0.3, 0.4) is 0 Å². The molecule has 30 heavy (non-hydrogen) atoms. The zero-order chi connectivity index (χ0) is 21.7. The number of nitrogens with zero attached hydrogens (tertiary/aromatic N) is 4. The molecule has 10 heteroatoms. The van der Waals surface area contributed by atoms with Crippen LogP contribution in [0.15, 0.2) is 18.3 Å². The fraction of sp³-hybridized carbons (Fsp3) is 0.550. The highest BCUT2D eigenvalue weighted by Gasteiger charge is 2.32. The number of methoxy groups -OCH3 is 1. The van der Waals surface area contributed by atoms with E-state index in [-0.39, 0.29) is 23.2 Å². The Bertz CT molecular complexity index is 847. The minimum absolute atomic E-state index is 0.0182. The molecule has 1 amide bonds. The van der Waals surface area contributed by atoms with E-state index in [4.69, 9.17) is 9.47 Å². The quantitative estimate of drug-likeness (QED) is 0.646. The van der Waals surface area contributed by atoms with Gasteiger partial charge in [-0.05, 0) is 13.0 Å². The lowest BCUT2D eigenvalue weighted by atomic mass is 10.2. The van der Waals surface area contributed by atoms with Crippen LogP contribution in [0.1, 0.15) is 25.1 Å². The Morgan fingerprint density at radius 2 is 2.27 bits per heavy atom. The summed E-state index contributed by atoms with van der Waals surface area (Å²) in [6, 6.07) is 4.08. The van der Waals surface area contributed by atoms with E-state index in [1.54, 1.807) is 13.3 Å². The van der Waals surface area contributed by atoms with Gasteiger partial charge in [-0.3, -0.25) is 9.69 Å². The van der Waals surface area contributed by atoms with Gasteiger partial charge in [-0.2, -0.15) is 9.37 Å². The number of rotatable bonds is 9. The van der Waals surface area contributed by atoms with Crippen molar-refractivity contribution in [2.45, 2.75) is 39.0 Å². The number of carbonyl (C=O) groups is 1. The van der Waals surface area contributed by atoms with E-state index in [1.807, 2.05) is 19.2 Å². The molecule has 0 spiro atoms. The number of hydrogen-bond acceptors (Lipinski definition) is 8. The number of ether oxygens (including phenoxy) is 2. The van der Waals surface area contributed by atoms with Crippen molar-refractivity contribution < 1.29 is 18.7 Å². The number of thiazole rings is 1. The SMILES string of the molecule is COCCN(C)c1ccc(O[C@@H]2C[C@H](C)N(Cc3sc(NC(C)=O)nc3F)C2)nc1. The first kappa shape index (κ1) is 22.4. The Hall–Kier alpha value is -2.30. The Morgan fingerprint density at radius 1 is 1.47 bits per heavy atom. The molecule has 0 unspecified atom stereocenters. The van der Waals surface area contributed by atoms with Crippen molar-refractivity contribution in [1.82, 2.24) is 14.9 Å². The van der Waals surface area contributed by atoms with Crippen molar-refractivity contribution in [3.63, 3.8) is 0 Å².